The average Bonchev–Trinajstić information content (AvgIpc) is 2.91. The molecular formula is C30H34N2O3. The summed E-state index contributed by atoms with van der Waals surface area (Å²) in [6.07, 6.45) is 12.9. The van der Waals surface area contributed by atoms with Crippen molar-refractivity contribution in [2.75, 3.05) is 14.2 Å². The van der Waals surface area contributed by atoms with Crippen LogP contribution < -0.4 is 14.8 Å². The number of allylic oxidation sites excluding steroid dienone is 2. The highest BCUT2D eigenvalue weighted by molar-refractivity contribution is 5.89. The molecule has 0 aliphatic rings. The Balaban J connectivity index is 1.66. The van der Waals surface area contributed by atoms with Gasteiger partial charge in [-0.2, -0.15) is 0 Å². The molecule has 182 valence electrons. The van der Waals surface area contributed by atoms with Gasteiger partial charge < -0.3 is 14.8 Å². The standard InChI is InChI=1S/C30H34N2O3/c1-4-26(10-5-8-23-9-7-21-31-22-23)32-30(33)12-6-11-29(24-13-17-27(34-2)18-14-24)25-15-19-28(35-3)20-16-25/h6-7,9,11-22,26H,4-5,8,10H2,1-3H3,(H,32,33)/b12-6+/t26-/m1/s1. The molecule has 0 aliphatic carbocycles. The smallest absolute Gasteiger partial charge is 0.244 e. The van der Waals surface area contributed by atoms with Gasteiger partial charge in [0, 0.05) is 24.5 Å². The van der Waals surface area contributed by atoms with E-state index < -0.39 is 0 Å². The molecule has 2 aromatic carbocycles. The van der Waals surface area contributed by atoms with Crippen LogP contribution in [0.2, 0.25) is 0 Å². The second-order valence-electron chi connectivity index (χ2n) is 8.26. The highest BCUT2D eigenvalue weighted by atomic mass is 16.5. The maximum atomic E-state index is 12.6. The van der Waals surface area contributed by atoms with Gasteiger partial charge in [-0.3, -0.25) is 9.78 Å². The second kappa shape index (κ2) is 13.8. The summed E-state index contributed by atoms with van der Waals surface area (Å²) in [7, 11) is 3.30. The molecule has 0 saturated heterocycles. The summed E-state index contributed by atoms with van der Waals surface area (Å²) in [6.45, 7) is 2.10. The number of carbonyl (C=O) groups excluding carboxylic acids is 1. The molecule has 1 atom stereocenters. The van der Waals surface area contributed by atoms with Crippen LogP contribution in [0.1, 0.15) is 42.9 Å². The van der Waals surface area contributed by atoms with Crippen LogP contribution >= 0.6 is 0 Å². The van der Waals surface area contributed by atoms with Crippen molar-refractivity contribution in [3.05, 3.63) is 108 Å². The van der Waals surface area contributed by atoms with Crippen LogP contribution in [-0.2, 0) is 11.2 Å². The molecule has 1 N–H and O–H groups in total. The van der Waals surface area contributed by atoms with Crippen molar-refractivity contribution < 1.29 is 14.3 Å². The zero-order valence-electron chi connectivity index (χ0n) is 20.7. The number of nitrogens with one attached hydrogen (secondary N) is 1. The Bertz CT molecular complexity index is 1060. The van der Waals surface area contributed by atoms with Crippen molar-refractivity contribution in [3.8, 4) is 11.5 Å². The third kappa shape index (κ3) is 8.14. The SMILES string of the molecule is CC[C@H](CCCc1cccnc1)NC(=O)/C=C/C=C(c1ccc(OC)cc1)c1ccc(OC)cc1. The maximum Gasteiger partial charge on any atom is 0.244 e. The molecule has 0 bridgehead atoms. The number of hydrogen-bond acceptors (Lipinski definition) is 4. The first-order valence-corrected chi connectivity index (χ1v) is 12.0. The molecule has 1 aromatic heterocycles. The van der Waals surface area contributed by atoms with Crippen LogP contribution in [0.3, 0.4) is 0 Å². The molecule has 0 fully saturated rings. The van der Waals surface area contributed by atoms with Crippen LogP contribution in [-0.4, -0.2) is 31.2 Å². The van der Waals surface area contributed by atoms with Crippen molar-refractivity contribution >= 4 is 11.5 Å². The number of ether oxygens (including phenoxy) is 2. The maximum absolute atomic E-state index is 12.6. The van der Waals surface area contributed by atoms with Crippen molar-refractivity contribution in [3.63, 3.8) is 0 Å². The van der Waals surface area contributed by atoms with Crippen LogP contribution in [0.4, 0.5) is 0 Å². The van der Waals surface area contributed by atoms with Gasteiger partial charge in [0.05, 0.1) is 14.2 Å². The van der Waals surface area contributed by atoms with Gasteiger partial charge in [-0.1, -0.05) is 49.4 Å². The molecule has 1 amide bonds. The van der Waals surface area contributed by atoms with E-state index in [9.17, 15) is 4.79 Å². The number of aryl methyl sites for hydroxylation is 1. The number of hydrogen-bond donors (Lipinski definition) is 1. The lowest BCUT2D eigenvalue weighted by Gasteiger charge is -2.15. The summed E-state index contributed by atoms with van der Waals surface area (Å²) in [5.41, 5.74) is 4.29. The lowest BCUT2D eigenvalue weighted by molar-refractivity contribution is -0.117. The molecule has 3 rings (SSSR count). The summed E-state index contributed by atoms with van der Waals surface area (Å²) < 4.78 is 10.6. The summed E-state index contributed by atoms with van der Waals surface area (Å²) in [5, 5.41) is 3.13. The molecular weight excluding hydrogens is 436 g/mol. The van der Waals surface area contributed by atoms with E-state index in [1.807, 2.05) is 72.9 Å². The lowest BCUT2D eigenvalue weighted by Crippen LogP contribution is -2.33. The van der Waals surface area contributed by atoms with E-state index in [1.165, 1.54) is 5.56 Å². The summed E-state index contributed by atoms with van der Waals surface area (Å²) in [6, 6.07) is 20.0. The largest absolute Gasteiger partial charge is 0.497 e. The Morgan fingerprint density at radius 1 is 0.971 bits per heavy atom. The molecule has 0 unspecified atom stereocenters. The molecule has 0 saturated carbocycles. The van der Waals surface area contributed by atoms with Gasteiger partial charge in [0.15, 0.2) is 0 Å². The first-order valence-electron chi connectivity index (χ1n) is 12.0. The first kappa shape index (κ1) is 25.8. The molecule has 0 radical (unpaired) electrons. The quantitative estimate of drug-likeness (QED) is 0.260. The van der Waals surface area contributed by atoms with Gasteiger partial charge in [0.1, 0.15) is 11.5 Å². The van der Waals surface area contributed by atoms with Crippen LogP contribution in [0, 0.1) is 0 Å². The molecule has 0 aliphatic heterocycles. The summed E-state index contributed by atoms with van der Waals surface area (Å²) >= 11 is 0. The number of carbonyl (C=O) groups is 1. The Kier molecular flexibility index (Phi) is 10.1. The van der Waals surface area contributed by atoms with E-state index in [0.717, 1.165) is 53.9 Å². The first-order chi connectivity index (χ1) is 17.1. The normalized spacial score (nSPS) is 11.6. The number of nitrogens with zero attached hydrogens (tertiary/aromatic N) is 1. The minimum Gasteiger partial charge on any atom is -0.497 e. The molecule has 0 spiro atoms. The van der Waals surface area contributed by atoms with Gasteiger partial charge in [0.25, 0.3) is 0 Å². The van der Waals surface area contributed by atoms with E-state index in [2.05, 4.69) is 23.3 Å². The lowest BCUT2D eigenvalue weighted by atomic mass is 9.97. The topological polar surface area (TPSA) is 60.5 Å². The van der Waals surface area contributed by atoms with E-state index in [0.29, 0.717) is 0 Å². The van der Waals surface area contributed by atoms with Gasteiger partial charge in [0.2, 0.25) is 5.91 Å². The number of benzene rings is 2. The molecule has 5 heteroatoms. The number of pyridine rings is 1. The number of rotatable bonds is 12. The average molecular weight is 471 g/mol. The van der Waals surface area contributed by atoms with E-state index in [4.69, 9.17) is 9.47 Å². The Labute approximate surface area is 208 Å². The zero-order valence-corrected chi connectivity index (χ0v) is 20.7. The molecule has 5 nitrogen and oxygen atoms in total. The zero-order chi connectivity index (χ0) is 24.9. The van der Waals surface area contributed by atoms with Crippen molar-refractivity contribution in [1.29, 1.82) is 0 Å². The van der Waals surface area contributed by atoms with Gasteiger partial charge >= 0.3 is 0 Å². The number of aromatic nitrogens is 1. The van der Waals surface area contributed by atoms with Crippen molar-refractivity contribution in [1.82, 2.24) is 10.3 Å². The fraction of sp³-hybridized carbons (Fsp3) is 0.267. The fourth-order valence-corrected chi connectivity index (χ4v) is 3.86. The molecule has 3 aromatic rings. The highest BCUT2D eigenvalue weighted by Crippen LogP contribution is 2.27. The minimum absolute atomic E-state index is 0.0849. The van der Waals surface area contributed by atoms with Gasteiger partial charge in [-0.15, -0.1) is 0 Å². The van der Waals surface area contributed by atoms with Gasteiger partial charge in [-0.05, 0) is 78.3 Å². The monoisotopic (exact) mass is 470 g/mol. The fourth-order valence-electron chi connectivity index (χ4n) is 3.86. The highest BCUT2D eigenvalue weighted by Gasteiger charge is 2.09. The third-order valence-corrected chi connectivity index (χ3v) is 5.89. The third-order valence-electron chi connectivity index (χ3n) is 5.89. The van der Waals surface area contributed by atoms with Gasteiger partial charge in [-0.25, -0.2) is 0 Å². The van der Waals surface area contributed by atoms with E-state index in [-0.39, 0.29) is 11.9 Å². The predicted molar refractivity (Wildman–Crippen MR) is 142 cm³/mol. The van der Waals surface area contributed by atoms with Crippen LogP contribution in [0.25, 0.3) is 5.57 Å². The van der Waals surface area contributed by atoms with E-state index >= 15 is 0 Å². The summed E-state index contributed by atoms with van der Waals surface area (Å²) in [5.74, 6) is 1.51. The van der Waals surface area contributed by atoms with Crippen LogP contribution in [0.15, 0.2) is 91.3 Å². The van der Waals surface area contributed by atoms with Crippen molar-refractivity contribution in [2.24, 2.45) is 0 Å². The predicted octanol–water partition coefficient (Wildman–Crippen LogP) is 6.00. The number of amides is 1. The van der Waals surface area contributed by atoms with Crippen molar-refractivity contribution in [2.45, 2.75) is 38.6 Å². The minimum atomic E-state index is -0.0849. The Hall–Kier alpha value is -3.86. The second-order valence-corrected chi connectivity index (χ2v) is 8.26. The number of methoxy groups -OCH3 is 2. The Morgan fingerprint density at radius 3 is 2.11 bits per heavy atom. The Morgan fingerprint density at radius 2 is 1.60 bits per heavy atom. The van der Waals surface area contributed by atoms with E-state index in [1.54, 1.807) is 26.5 Å². The molecule has 1 heterocycles. The summed E-state index contributed by atoms with van der Waals surface area (Å²) in [4.78, 5) is 16.8. The van der Waals surface area contributed by atoms with Crippen LogP contribution in [0.5, 0.6) is 11.5 Å². The molecule has 35 heavy (non-hydrogen) atoms.